The summed E-state index contributed by atoms with van der Waals surface area (Å²) >= 11 is 0. The van der Waals surface area contributed by atoms with Crippen LogP contribution >= 0.6 is 0 Å². The van der Waals surface area contributed by atoms with Gasteiger partial charge in [-0.25, -0.2) is 0 Å². The van der Waals surface area contributed by atoms with Gasteiger partial charge in [0.05, 0.1) is 12.2 Å². The standard InChI is InChI=1S/C10H14O5/c1-9(7(11)12)5-3-4-6(15-5)10(9,2)8(13)14/h5-6H,3-4H2,1-2H3,(H,11,12)(H,13,14)/t5?,6?,9-,10+. The average Bonchev–Trinajstić information content (AvgIpc) is 2.69. The minimum atomic E-state index is -1.32. The van der Waals surface area contributed by atoms with Gasteiger partial charge in [0, 0.05) is 0 Å². The fraction of sp³-hybridized carbons (Fsp3) is 0.800. The Kier molecular flexibility index (Phi) is 1.89. The quantitative estimate of drug-likeness (QED) is 0.707. The number of aliphatic carboxylic acids is 2. The van der Waals surface area contributed by atoms with Crippen molar-refractivity contribution in [2.24, 2.45) is 10.8 Å². The third-order valence-electron chi connectivity index (χ3n) is 4.27. The maximum absolute atomic E-state index is 11.3. The molecule has 84 valence electrons. The van der Waals surface area contributed by atoms with Gasteiger partial charge >= 0.3 is 11.9 Å². The van der Waals surface area contributed by atoms with Crippen LogP contribution in [0.25, 0.3) is 0 Å². The van der Waals surface area contributed by atoms with E-state index in [4.69, 9.17) is 4.74 Å². The molecule has 2 saturated heterocycles. The van der Waals surface area contributed by atoms with Crippen LogP contribution in [-0.4, -0.2) is 34.4 Å². The highest BCUT2D eigenvalue weighted by Gasteiger charge is 2.71. The molecular formula is C10H14O5. The monoisotopic (exact) mass is 214 g/mol. The molecule has 2 fully saturated rings. The van der Waals surface area contributed by atoms with Crippen molar-refractivity contribution in [2.45, 2.75) is 38.9 Å². The van der Waals surface area contributed by atoms with Crippen molar-refractivity contribution in [3.63, 3.8) is 0 Å². The minimum Gasteiger partial charge on any atom is -0.481 e. The van der Waals surface area contributed by atoms with Gasteiger partial charge in [0.1, 0.15) is 10.8 Å². The highest BCUT2D eigenvalue weighted by Crippen LogP contribution is 2.59. The van der Waals surface area contributed by atoms with Crippen LogP contribution in [0.2, 0.25) is 0 Å². The summed E-state index contributed by atoms with van der Waals surface area (Å²) in [6.45, 7) is 2.96. The lowest BCUT2D eigenvalue weighted by atomic mass is 9.57. The highest BCUT2D eigenvalue weighted by atomic mass is 16.5. The first-order chi connectivity index (χ1) is 6.85. The van der Waals surface area contributed by atoms with Crippen molar-refractivity contribution in [1.29, 1.82) is 0 Å². The highest BCUT2D eigenvalue weighted by molar-refractivity contribution is 5.88. The van der Waals surface area contributed by atoms with Crippen molar-refractivity contribution in [3.05, 3.63) is 0 Å². The number of carbonyl (C=O) groups is 2. The first-order valence-electron chi connectivity index (χ1n) is 4.97. The topological polar surface area (TPSA) is 83.8 Å². The van der Waals surface area contributed by atoms with Crippen LogP contribution in [0.15, 0.2) is 0 Å². The van der Waals surface area contributed by atoms with Gasteiger partial charge in [-0.1, -0.05) is 0 Å². The minimum absolute atomic E-state index is 0.471. The molecule has 2 aliphatic rings. The second-order valence-electron chi connectivity index (χ2n) is 4.71. The molecular weight excluding hydrogens is 200 g/mol. The van der Waals surface area contributed by atoms with E-state index in [2.05, 4.69) is 0 Å². The van der Waals surface area contributed by atoms with Crippen LogP contribution in [0.3, 0.4) is 0 Å². The summed E-state index contributed by atoms with van der Waals surface area (Å²) in [6.07, 6.45) is 0.328. The summed E-state index contributed by atoms with van der Waals surface area (Å²) in [6, 6.07) is 0. The van der Waals surface area contributed by atoms with E-state index in [0.717, 1.165) is 0 Å². The van der Waals surface area contributed by atoms with Gasteiger partial charge in [0.15, 0.2) is 0 Å². The Morgan fingerprint density at radius 2 is 1.40 bits per heavy atom. The van der Waals surface area contributed by atoms with Gasteiger partial charge in [0.2, 0.25) is 0 Å². The van der Waals surface area contributed by atoms with Crippen molar-refractivity contribution in [1.82, 2.24) is 0 Å². The molecule has 2 aliphatic heterocycles. The zero-order valence-corrected chi connectivity index (χ0v) is 8.69. The first-order valence-corrected chi connectivity index (χ1v) is 4.97. The van der Waals surface area contributed by atoms with Gasteiger partial charge in [0.25, 0.3) is 0 Å². The summed E-state index contributed by atoms with van der Waals surface area (Å²) in [5.41, 5.74) is -2.64. The Balaban J connectivity index is 2.53. The lowest BCUT2D eigenvalue weighted by Gasteiger charge is -2.40. The number of fused-ring (bicyclic) bond motifs is 2. The molecule has 0 amide bonds. The van der Waals surface area contributed by atoms with E-state index >= 15 is 0 Å². The van der Waals surface area contributed by atoms with Crippen LogP contribution < -0.4 is 0 Å². The van der Waals surface area contributed by atoms with E-state index < -0.39 is 35.0 Å². The Bertz CT molecular complexity index is 307. The van der Waals surface area contributed by atoms with Crippen LogP contribution in [0.1, 0.15) is 26.7 Å². The fourth-order valence-corrected chi connectivity index (χ4v) is 2.88. The summed E-state index contributed by atoms with van der Waals surface area (Å²) in [5, 5.41) is 18.5. The smallest absolute Gasteiger partial charge is 0.313 e. The summed E-state index contributed by atoms with van der Waals surface area (Å²) < 4.78 is 5.46. The number of ether oxygens (including phenoxy) is 1. The molecule has 5 nitrogen and oxygen atoms in total. The van der Waals surface area contributed by atoms with E-state index in [-0.39, 0.29) is 0 Å². The normalized spacial score (nSPS) is 48.1. The van der Waals surface area contributed by atoms with Crippen LogP contribution in [0.4, 0.5) is 0 Å². The molecule has 5 heteroatoms. The lowest BCUT2D eigenvalue weighted by Crippen LogP contribution is -2.55. The zero-order valence-electron chi connectivity index (χ0n) is 8.69. The van der Waals surface area contributed by atoms with Crippen LogP contribution in [0, 0.1) is 10.8 Å². The Labute approximate surface area is 87.0 Å². The third kappa shape index (κ3) is 0.916. The zero-order chi connectivity index (χ0) is 11.4. The van der Waals surface area contributed by atoms with E-state index in [0.29, 0.717) is 12.8 Å². The summed E-state index contributed by atoms with van der Waals surface area (Å²) in [5.74, 6) is -2.17. The molecule has 2 bridgehead atoms. The molecule has 0 spiro atoms. The third-order valence-corrected chi connectivity index (χ3v) is 4.27. The van der Waals surface area contributed by atoms with Gasteiger partial charge < -0.3 is 14.9 Å². The number of hydrogen-bond donors (Lipinski definition) is 2. The molecule has 0 aliphatic carbocycles. The molecule has 2 unspecified atom stereocenters. The number of hydrogen-bond acceptors (Lipinski definition) is 3. The first kappa shape index (κ1) is 10.4. The van der Waals surface area contributed by atoms with Gasteiger partial charge in [-0.15, -0.1) is 0 Å². The molecule has 2 heterocycles. The summed E-state index contributed by atoms with van der Waals surface area (Å²) in [4.78, 5) is 22.6. The van der Waals surface area contributed by atoms with E-state index in [1.165, 1.54) is 13.8 Å². The second-order valence-corrected chi connectivity index (χ2v) is 4.71. The fourth-order valence-electron chi connectivity index (χ4n) is 2.88. The molecule has 0 aromatic carbocycles. The van der Waals surface area contributed by atoms with Crippen LogP contribution in [0.5, 0.6) is 0 Å². The Hall–Kier alpha value is -1.10. The van der Waals surface area contributed by atoms with Gasteiger partial charge in [-0.05, 0) is 26.7 Å². The predicted molar refractivity (Wildman–Crippen MR) is 49.4 cm³/mol. The van der Waals surface area contributed by atoms with E-state index in [1.807, 2.05) is 0 Å². The lowest BCUT2D eigenvalue weighted by molar-refractivity contribution is -0.172. The van der Waals surface area contributed by atoms with E-state index in [9.17, 15) is 19.8 Å². The van der Waals surface area contributed by atoms with Crippen molar-refractivity contribution in [2.75, 3.05) is 0 Å². The molecule has 0 aromatic rings. The molecule has 0 aromatic heterocycles. The Morgan fingerprint density at radius 1 is 1.07 bits per heavy atom. The van der Waals surface area contributed by atoms with Crippen LogP contribution in [-0.2, 0) is 14.3 Å². The second kappa shape index (κ2) is 2.72. The molecule has 4 atom stereocenters. The predicted octanol–water partition coefficient (Wildman–Crippen LogP) is 0.729. The SMILES string of the molecule is C[C@]1(C(=O)O)C2CCC(O2)[C@@]1(C)C(=O)O. The molecule has 0 radical (unpaired) electrons. The number of carboxylic acids is 2. The van der Waals surface area contributed by atoms with E-state index in [1.54, 1.807) is 0 Å². The maximum Gasteiger partial charge on any atom is 0.313 e. The maximum atomic E-state index is 11.3. The molecule has 0 saturated carbocycles. The van der Waals surface area contributed by atoms with Crippen molar-refractivity contribution >= 4 is 11.9 Å². The molecule has 2 rings (SSSR count). The largest absolute Gasteiger partial charge is 0.481 e. The number of rotatable bonds is 2. The Morgan fingerprint density at radius 3 is 1.67 bits per heavy atom. The van der Waals surface area contributed by atoms with Gasteiger partial charge in [-0.3, -0.25) is 9.59 Å². The average molecular weight is 214 g/mol. The van der Waals surface area contributed by atoms with Crippen molar-refractivity contribution < 1.29 is 24.5 Å². The molecule has 15 heavy (non-hydrogen) atoms. The molecule has 2 N–H and O–H groups in total. The van der Waals surface area contributed by atoms with Crippen molar-refractivity contribution in [3.8, 4) is 0 Å². The summed E-state index contributed by atoms with van der Waals surface area (Å²) in [7, 11) is 0. The van der Waals surface area contributed by atoms with Gasteiger partial charge in [-0.2, -0.15) is 0 Å². The number of carboxylic acid groups (broad SMARTS) is 2.